The number of rotatable bonds is 4. The van der Waals surface area contributed by atoms with Gasteiger partial charge in [-0.25, -0.2) is 22.5 Å². The van der Waals surface area contributed by atoms with Gasteiger partial charge in [0.1, 0.15) is 17.3 Å². The van der Waals surface area contributed by atoms with Crippen molar-refractivity contribution >= 4 is 29.3 Å². The van der Waals surface area contributed by atoms with Gasteiger partial charge in [0.25, 0.3) is 0 Å². The van der Waals surface area contributed by atoms with Crippen molar-refractivity contribution in [2.75, 3.05) is 17.7 Å². The summed E-state index contributed by atoms with van der Waals surface area (Å²) < 4.78 is 55.3. The topological polar surface area (TPSA) is 71.3 Å². The predicted octanol–water partition coefficient (Wildman–Crippen LogP) is 2.88. The number of benzene rings is 1. The Bertz CT molecular complexity index is 930. The molecule has 2 heterocycles. The van der Waals surface area contributed by atoms with Crippen LogP contribution in [0.2, 0.25) is 0 Å². The number of aromatic nitrogens is 3. The molecule has 124 valence electrons. The molecule has 3 aromatic rings. The van der Waals surface area contributed by atoms with Crippen molar-refractivity contribution in [2.24, 2.45) is 0 Å². The third-order valence-electron chi connectivity index (χ3n) is 3.25. The van der Waals surface area contributed by atoms with E-state index in [1.54, 1.807) is 7.05 Å². The summed E-state index contributed by atoms with van der Waals surface area (Å²) in [6.45, 7) is 0. The van der Waals surface area contributed by atoms with Gasteiger partial charge < -0.3 is 10.6 Å². The van der Waals surface area contributed by atoms with Gasteiger partial charge in [-0.15, -0.1) is 0 Å². The van der Waals surface area contributed by atoms with E-state index in [1.807, 2.05) is 0 Å². The Morgan fingerprint density at radius 2 is 1.79 bits per heavy atom. The molecule has 0 aliphatic heterocycles. The van der Waals surface area contributed by atoms with Crippen molar-refractivity contribution in [1.82, 2.24) is 14.6 Å². The lowest BCUT2D eigenvalue weighted by molar-refractivity contribution is 0.112. The molecule has 0 atom stereocenters. The second kappa shape index (κ2) is 5.80. The van der Waals surface area contributed by atoms with E-state index in [4.69, 9.17) is 0 Å². The molecule has 0 amide bonds. The number of aldehydes is 1. The minimum absolute atomic E-state index is 0.0945. The molecule has 0 radical (unpaired) electrons. The van der Waals surface area contributed by atoms with Gasteiger partial charge in [0, 0.05) is 19.2 Å². The first-order chi connectivity index (χ1) is 11.5. The highest BCUT2D eigenvalue weighted by atomic mass is 19.2. The lowest BCUT2D eigenvalue weighted by Crippen LogP contribution is -2.07. The SMILES string of the molecule is CNc1cc(Nc2c(F)c(F)cc(F)c2F)nc2c(C=O)cnn12. The lowest BCUT2D eigenvalue weighted by atomic mass is 10.2. The summed E-state index contributed by atoms with van der Waals surface area (Å²) in [6.07, 6.45) is 1.75. The van der Waals surface area contributed by atoms with Crippen LogP contribution in [0, 0.1) is 23.3 Å². The highest BCUT2D eigenvalue weighted by Gasteiger charge is 2.20. The van der Waals surface area contributed by atoms with Crippen molar-refractivity contribution in [2.45, 2.75) is 0 Å². The van der Waals surface area contributed by atoms with Crippen molar-refractivity contribution in [3.63, 3.8) is 0 Å². The average molecular weight is 339 g/mol. The van der Waals surface area contributed by atoms with Gasteiger partial charge in [0.15, 0.2) is 35.2 Å². The van der Waals surface area contributed by atoms with Crippen LogP contribution < -0.4 is 10.6 Å². The Labute approximate surface area is 132 Å². The van der Waals surface area contributed by atoms with Crippen molar-refractivity contribution in [3.8, 4) is 0 Å². The van der Waals surface area contributed by atoms with E-state index in [0.717, 1.165) is 0 Å². The van der Waals surface area contributed by atoms with Crippen molar-refractivity contribution < 1.29 is 22.4 Å². The molecule has 0 saturated carbocycles. The summed E-state index contributed by atoms with van der Waals surface area (Å²) >= 11 is 0. The number of fused-ring (bicyclic) bond motifs is 1. The molecule has 2 aromatic heterocycles. The van der Waals surface area contributed by atoms with E-state index in [0.29, 0.717) is 12.1 Å². The van der Waals surface area contributed by atoms with Gasteiger partial charge in [-0.2, -0.15) is 9.61 Å². The fourth-order valence-electron chi connectivity index (χ4n) is 2.12. The number of carbonyl (C=O) groups is 1. The maximum Gasteiger partial charge on any atom is 0.185 e. The second-order valence-corrected chi connectivity index (χ2v) is 4.70. The lowest BCUT2D eigenvalue weighted by Gasteiger charge is -2.11. The van der Waals surface area contributed by atoms with Crippen LogP contribution in [-0.4, -0.2) is 27.9 Å². The Hall–Kier alpha value is -3.17. The minimum Gasteiger partial charge on any atom is -0.373 e. The molecule has 6 nitrogen and oxygen atoms in total. The monoisotopic (exact) mass is 339 g/mol. The van der Waals surface area contributed by atoms with Crippen LogP contribution >= 0.6 is 0 Å². The molecular weight excluding hydrogens is 330 g/mol. The summed E-state index contributed by atoms with van der Waals surface area (Å²) in [4.78, 5) is 15.0. The van der Waals surface area contributed by atoms with Gasteiger partial charge in [0.2, 0.25) is 0 Å². The smallest absolute Gasteiger partial charge is 0.185 e. The Kier molecular flexibility index (Phi) is 3.80. The van der Waals surface area contributed by atoms with Crippen LogP contribution in [-0.2, 0) is 0 Å². The molecule has 0 unspecified atom stereocenters. The van der Waals surface area contributed by atoms with Crippen LogP contribution in [0.5, 0.6) is 0 Å². The summed E-state index contributed by atoms with van der Waals surface area (Å²) in [5, 5.41) is 8.88. The van der Waals surface area contributed by atoms with E-state index in [2.05, 4.69) is 20.7 Å². The van der Waals surface area contributed by atoms with Gasteiger partial charge >= 0.3 is 0 Å². The highest BCUT2D eigenvalue weighted by molar-refractivity contribution is 5.85. The standard InChI is InChI=1S/C14H9F4N5O/c1-19-10-3-9(22-14-6(5-24)4-20-23(10)14)21-13-11(17)7(15)2-8(16)12(13)18/h2-5,19H,1H3,(H,21,22). The van der Waals surface area contributed by atoms with E-state index in [-0.39, 0.29) is 23.1 Å². The van der Waals surface area contributed by atoms with Gasteiger partial charge in [-0.05, 0) is 0 Å². The molecule has 3 rings (SSSR count). The molecule has 0 aliphatic rings. The van der Waals surface area contributed by atoms with Crippen LogP contribution in [0.3, 0.4) is 0 Å². The molecule has 0 saturated heterocycles. The first kappa shape index (κ1) is 15.7. The number of nitrogens with zero attached hydrogens (tertiary/aromatic N) is 3. The molecule has 2 N–H and O–H groups in total. The molecule has 0 aliphatic carbocycles. The number of carbonyl (C=O) groups excluding carboxylic acids is 1. The van der Waals surface area contributed by atoms with Crippen molar-refractivity contribution in [1.29, 1.82) is 0 Å². The largest absolute Gasteiger partial charge is 0.373 e. The number of nitrogens with one attached hydrogen (secondary N) is 2. The zero-order valence-electron chi connectivity index (χ0n) is 12.1. The van der Waals surface area contributed by atoms with E-state index in [9.17, 15) is 22.4 Å². The molecule has 0 bridgehead atoms. The first-order valence-electron chi connectivity index (χ1n) is 6.58. The molecule has 24 heavy (non-hydrogen) atoms. The van der Waals surface area contributed by atoms with Gasteiger partial charge in [-0.3, -0.25) is 4.79 Å². The average Bonchev–Trinajstić information content (AvgIpc) is 2.99. The molecule has 0 fully saturated rings. The van der Waals surface area contributed by atoms with Gasteiger partial charge in [0.05, 0.1) is 11.8 Å². The van der Waals surface area contributed by atoms with Crippen LogP contribution in [0.15, 0.2) is 18.3 Å². The zero-order valence-corrected chi connectivity index (χ0v) is 12.1. The summed E-state index contributed by atoms with van der Waals surface area (Å²) in [5.41, 5.74) is -0.808. The molecule has 0 spiro atoms. The van der Waals surface area contributed by atoms with E-state index in [1.165, 1.54) is 16.8 Å². The maximum atomic E-state index is 13.7. The normalized spacial score (nSPS) is 10.9. The van der Waals surface area contributed by atoms with Crippen LogP contribution in [0.4, 0.5) is 34.9 Å². The molecule has 10 heteroatoms. The first-order valence-corrected chi connectivity index (χ1v) is 6.58. The second-order valence-electron chi connectivity index (χ2n) is 4.70. The molecular formula is C14H9F4N5O. The Balaban J connectivity index is 2.16. The Morgan fingerprint density at radius 1 is 1.12 bits per heavy atom. The van der Waals surface area contributed by atoms with Gasteiger partial charge in [-0.1, -0.05) is 0 Å². The van der Waals surface area contributed by atoms with Crippen molar-refractivity contribution in [3.05, 3.63) is 47.2 Å². The fraction of sp³-hybridized carbons (Fsp3) is 0.0714. The quantitative estimate of drug-likeness (QED) is 0.434. The highest BCUT2D eigenvalue weighted by Crippen LogP contribution is 2.28. The Morgan fingerprint density at radius 3 is 2.38 bits per heavy atom. The minimum atomic E-state index is -1.59. The third kappa shape index (κ3) is 2.41. The maximum absolute atomic E-state index is 13.7. The number of halogens is 4. The fourth-order valence-corrected chi connectivity index (χ4v) is 2.12. The zero-order chi connectivity index (χ0) is 17.4. The number of anilines is 3. The van der Waals surface area contributed by atoms with Crippen LogP contribution in [0.1, 0.15) is 10.4 Å². The van der Waals surface area contributed by atoms with E-state index >= 15 is 0 Å². The number of hydrogen-bond acceptors (Lipinski definition) is 5. The summed E-state index contributed by atoms with van der Waals surface area (Å²) in [5.74, 6) is -6.10. The third-order valence-corrected chi connectivity index (χ3v) is 3.25. The van der Waals surface area contributed by atoms with E-state index < -0.39 is 29.0 Å². The predicted molar refractivity (Wildman–Crippen MR) is 77.5 cm³/mol. The van der Waals surface area contributed by atoms with Crippen LogP contribution in [0.25, 0.3) is 5.65 Å². The summed E-state index contributed by atoms with van der Waals surface area (Å²) in [7, 11) is 1.55. The molecule has 1 aromatic carbocycles. The summed E-state index contributed by atoms with van der Waals surface area (Å²) in [6, 6.07) is 1.41. The number of hydrogen-bond donors (Lipinski definition) is 2.